The van der Waals surface area contributed by atoms with E-state index in [0.29, 0.717) is 18.0 Å². The topological polar surface area (TPSA) is 52.6 Å². The van der Waals surface area contributed by atoms with Crippen LogP contribution in [0.1, 0.15) is 163 Å². The van der Waals surface area contributed by atoms with Gasteiger partial charge in [0.05, 0.1) is 0 Å². The van der Waals surface area contributed by atoms with Crippen LogP contribution >= 0.6 is 11.8 Å². The molecule has 0 heterocycles. The number of rotatable bonds is 27. The van der Waals surface area contributed by atoms with E-state index in [4.69, 9.17) is 0 Å². The summed E-state index contributed by atoms with van der Waals surface area (Å²) in [5, 5.41) is 14.3. The lowest BCUT2D eigenvalue weighted by molar-refractivity contribution is -0.113. The Bertz CT molecular complexity index is 1750. The van der Waals surface area contributed by atoms with Crippen molar-refractivity contribution in [1.29, 1.82) is 0 Å². The van der Waals surface area contributed by atoms with Gasteiger partial charge in [-0.05, 0) is 129 Å². The van der Waals surface area contributed by atoms with Crippen LogP contribution in [-0.4, -0.2) is 47.3 Å². The minimum Gasteiger partial charge on any atom is -0.385 e. The molecule has 2 aliphatic carbocycles. The summed E-state index contributed by atoms with van der Waals surface area (Å²) in [5.41, 5.74) is 9.58. The quantitative estimate of drug-likeness (QED) is 0.0525. The van der Waals surface area contributed by atoms with Crippen LogP contribution in [0.4, 0.5) is 0 Å². The summed E-state index contributed by atoms with van der Waals surface area (Å²) in [6.45, 7) is 26.8. The van der Waals surface area contributed by atoms with Gasteiger partial charge in [-0.1, -0.05) is 160 Å². The predicted octanol–water partition coefficient (Wildman–Crippen LogP) is 14.8. The molecule has 2 N–H and O–H groups in total. The second kappa shape index (κ2) is 26.8. The number of aliphatic hydroxyl groups excluding tert-OH is 1. The Labute approximate surface area is 371 Å². The highest BCUT2D eigenvalue weighted by Gasteiger charge is 2.37. The van der Waals surface area contributed by atoms with Gasteiger partial charge in [-0.15, -0.1) is 11.8 Å². The monoisotopic (exact) mass is 835 g/mol. The van der Waals surface area contributed by atoms with Crippen LogP contribution in [0.2, 0.25) is 0 Å². The maximum absolute atomic E-state index is 11.6. The lowest BCUT2D eigenvalue weighted by atomic mass is 9.66. The highest BCUT2D eigenvalue weighted by atomic mass is 32.2. The largest absolute Gasteiger partial charge is 0.385 e. The fraction of sp³-hybridized carbons (Fsp3) is 0.545. The normalized spacial score (nSPS) is 19.4. The van der Waals surface area contributed by atoms with Gasteiger partial charge >= 0.3 is 0 Å². The Balaban J connectivity index is 2.06. The molecule has 1 aromatic carbocycles. The molecule has 0 spiro atoms. The fourth-order valence-corrected chi connectivity index (χ4v) is 9.96. The molecule has 0 saturated heterocycles. The number of aldehydes is 1. The number of aliphatic hydroxyl groups is 1. The zero-order valence-corrected chi connectivity index (χ0v) is 40.0. The number of carbonyl (C=O) groups is 1. The molecule has 3 rings (SSSR count). The lowest BCUT2D eigenvalue weighted by Gasteiger charge is -2.41. The van der Waals surface area contributed by atoms with Gasteiger partial charge in [0.1, 0.15) is 12.4 Å². The first kappa shape index (κ1) is 51.0. The van der Waals surface area contributed by atoms with Crippen molar-refractivity contribution in [1.82, 2.24) is 10.2 Å². The third kappa shape index (κ3) is 15.5. The van der Waals surface area contributed by atoms with Crippen molar-refractivity contribution in [3.05, 3.63) is 136 Å². The summed E-state index contributed by atoms with van der Waals surface area (Å²) in [7, 11) is 0. The molecular weight excluding hydrogens is 753 g/mol. The molecule has 0 aromatic heterocycles. The van der Waals surface area contributed by atoms with E-state index in [-0.39, 0.29) is 16.9 Å². The number of unbranched alkanes of at least 4 members (excludes halogenated alkanes) is 4. The smallest absolute Gasteiger partial charge is 0.149 e. The van der Waals surface area contributed by atoms with Gasteiger partial charge in [-0.3, -0.25) is 0 Å². The van der Waals surface area contributed by atoms with Crippen LogP contribution in [0.25, 0.3) is 6.08 Å². The molecule has 2 aliphatic rings. The molecule has 1 aromatic rings. The van der Waals surface area contributed by atoms with Crippen molar-refractivity contribution in [2.24, 2.45) is 10.8 Å². The van der Waals surface area contributed by atoms with Gasteiger partial charge in [0, 0.05) is 41.1 Å². The summed E-state index contributed by atoms with van der Waals surface area (Å²) in [4.78, 5) is 15.3. The van der Waals surface area contributed by atoms with Crippen molar-refractivity contribution in [3.63, 3.8) is 0 Å². The summed E-state index contributed by atoms with van der Waals surface area (Å²) in [6, 6.07) is 9.21. The van der Waals surface area contributed by atoms with E-state index in [1.54, 1.807) is 11.8 Å². The Morgan fingerprint density at radius 3 is 2.48 bits per heavy atom. The van der Waals surface area contributed by atoms with Crippen LogP contribution in [0.15, 0.2) is 125 Å². The van der Waals surface area contributed by atoms with Gasteiger partial charge in [0.25, 0.3) is 0 Å². The molecule has 0 aliphatic heterocycles. The first-order chi connectivity index (χ1) is 28.9. The highest BCUT2D eigenvalue weighted by Crippen LogP contribution is 2.46. The van der Waals surface area contributed by atoms with Crippen molar-refractivity contribution < 1.29 is 9.90 Å². The van der Waals surface area contributed by atoms with Gasteiger partial charge in [-0.2, -0.15) is 0 Å². The summed E-state index contributed by atoms with van der Waals surface area (Å²) >= 11 is 1.63. The molecule has 330 valence electrons. The third-order valence-electron chi connectivity index (χ3n) is 12.6. The average molecular weight is 835 g/mol. The van der Waals surface area contributed by atoms with Gasteiger partial charge in [0.2, 0.25) is 0 Å². The molecule has 0 fully saturated rings. The Morgan fingerprint density at radius 2 is 1.78 bits per heavy atom. The number of hydrogen-bond acceptors (Lipinski definition) is 5. The van der Waals surface area contributed by atoms with Crippen LogP contribution in [0.5, 0.6) is 0 Å². The second-order valence-electron chi connectivity index (χ2n) is 18.1. The number of nitrogens with zero attached hydrogens (tertiary/aromatic N) is 1. The molecule has 5 heteroatoms. The van der Waals surface area contributed by atoms with Crippen molar-refractivity contribution in [2.75, 3.05) is 18.8 Å². The molecule has 0 saturated carbocycles. The van der Waals surface area contributed by atoms with E-state index in [0.717, 1.165) is 64.5 Å². The number of allylic oxidation sites excluding steroid dienone is 13. The number of nitrogens with one attached hydrogen (secondary N) is 1. The van der Waals surface area contributed by atoms with E-state index in [1.165, 1.54) is 76.1 Å². The van der Waals surface area contributed by atoms with Crippen LogP contribution in [-0.2, 0) is 4.79 Å². The number of carbonyl (C=O) groups excluding carboxylic acids is 1. The predicted molar refractivity (Wildman–Crippen MR) is 265 cm³/mol. The van der Waals surface area contributed by atoms with E-state index in [1.807, 2.05) is 6.08 Å². The summed E-state index contributed by atoms with van der Waals surface area (Å²) < 4.78 is 0. The third-order valence-corrected chi connectivity index (χ3v) is 13.9. The van der Waals surface area contributed by atoms with E-state index < -0.39 is 6.10 Å². The minimum atomic E-state index is -0.987. The standard InChI is InChI=1S/C55H82N2O2S/c1-11-16-19-20-34-50(51(43(6)14-4)54(7,8)15-5)57(39-24-18-13-3)40-27-32-46-30-25-29-45(53(46)60-42-47(59)41-58)31-26-37-55(9,10)52-48-33-22-21-28-44(48)35-36-49(52)56-38-23-17-12-2/h11,14,16,19,21-22,26-28,31-33,35-36,40-41,47,49,52,56,59H,1,12-13,15,17-18,20,23-25,29-30,34,37-39,42H2,2-10H3/b19-16+,31-26+,40-27+,43-14+,46-32+,51-50-. The highest BCUT2D eigenvalue weighted by molar-refractivity contribution is 8.03. The number of benzene rings is 1. The van der Waals surface area contributed by atoms with Crippen LogP contribution in [0.3, 0.4) is 0 Å². The van der Waals surface area contributed by atoms with Crippen LogP contribution < -0.4 is 5.32 Å². The van der Waals surface area contributed by atoms with Gasteiger partial charge in [0.15, 0.2) is 0 Å². The zero-order valence-electron chi connectivity index (χ0n) is 39.2. The fourth-order valence-electron chi connectivity index (χ4n) is 8.83. The van der Waals surface area contributed by atoms with Crippen molar-refractivity contribution >= 4 is 24.1 Å². The summed E-state index contributed by atoms with van der Waals surface area (Å²) in [6.07, 6.45) is 38.6. The molecule has 4 nitrogen and oxygen atoms in total. The van der Waals surface area contributed by atoms with E-state index >= 15 is 0 Å². The molecular formula is C55H82N2O2S. The first-order valence-electron chi connectivity index (χ1n) is 23.3. The Hall–Kier alpha value is -3.38. The second-order valence-corrected chi connectivity index (χ2v) is 19.2. The molecule has 0 bridgehead atoms. The first-order valence-corrected chi connectivity index (χ1v) is 24.3. The molecule has 0 radical (unpaired) electrons. The molecule has 3 unspecified atom stereocenters. The van der Waals surface area contributed by atoms with Gasteiger partial charge < -0.3 is 20.1 Å². The van der Waals surface area contributed by atoms with E-state index in [9.17, 15) is 9.90 Å². The minimum absolute atomic E-state index is 0.00187. The lowest BCUT2D eigenvalue weighted by Crippen LogP contribution is -2.42. The molecule has 60 heavy (non-hydrogen) atoms. The number of fused-ring (bicyclic) bond motifs is 1. The molecule has 0 amide bonds. The van der Waals surface area contributed by atoms with Gasteiger partial charge in [-0.25, -0.2) is 0 Å². The SMILES string of the molecule is C=C/C=C/CC/C(=C(\C(C)=C\C)C(C)(C)CC)N(/C=C/C=C1\CCCC(/C=C/CC(C)(C)C2c3ccccc3C=CC2NCCCCC)=C1SCC(O)C=O)CCCCC. The van der Waals surface area contributed by atoms with Crippen LogP contribution in [0, 0.1) is 10.8 Å². The summed E-state index contributed by atoms with van der Waals surface area (Å²) in [5.74, 6) is 0.700. The van der Waals surface area contributed by atoms with E-state index in [2.05, 4.69) is 164 Å². The number of thioether (sulfide) groups is 1. The van der Waals surface area contributed by atoms with Crippen molar-refractivity contribution in [2.45, 2.75) is 164 Å². The Morgan fingerprint density at radius 1 is 1.03 bits per heavy atom. The van der Waals surface area contributed by atoms with Crippen molar-refractivity contribution in [3.8, 4) is 0 Å². The molecule has 3 atom stereocenters. The number of hydrogen-bond donors (Lipinski definition) is 2. The zero-order chi connectivity index (χ0) is 44.0. The maximum Gasteiger partial charge on any atom is 0.149 e. The maximum atomic E-state index is 11.6. The Kier molecular flexibility index (Phi) is 22.8. The average Bonchev–Trinajstić information content (AvgIpc) is 3.24.